The number of nitrogens with one attached hydrogen (secondary N) is 1. The van der Waals surface area contributed by atoms with Gasteiger partial charge in [-0.25, -0.2) is 13.7 Å². The van der Waals surface area contributed by atoms with E-state index in [4.69, 9.17) is 4.74 Å². The minimum Gasteiger partial charge on any atom is -0.444 e. The molecule has 0 aliphatic carbocycles. The van der Waals surface area contributed by atoms with Crippen LogP contribution in [0, 0.1) is 6.92 Å². The highest BCUT2D eigenvalue weighted by atomic mass is 32.2. The molecule has 1 N–H and O–H groups in total. The topological polar surface area (TPSA) is 58.6 Å². The Hall–Kier alpha value is -1.40. The van der Waals surface area contributed by atoms with Crippen LogP contribution in [0.25, 0.3) is 0 Å². The zero-order valence-corrected chi connectivity index (χ0v) is 17.6. The molecule has 0 spiro atoms. The Labute approximate surface area is 160 Å². The van der Waals surface area contributed by atoms with Gasteiger partial charge in [-0.3, -0.25) is 0 Å². The second kappa shape index (κ2) is 8.09. The first-order chi connectivity index (χ1) is 12.0. The molecule has 0 saturated carbocycles. The SMILES string of the molecule is Cc1ccc(C2(NS(=O)C(C)C)CCN(C(=O)OC(C)(C)C)CC2)cc1. The zero-order valence-electron chi connectivity index (χ0n) is 16.8. The second-order valence-corrected chi connectivity index (χ2v) is 10.1. The number of likely N-dealkylation sites (tertiary alicyclic amines) is 1. The van der Waals surface area contributed by atoms with Crippen LogP contribution >= 0.6 is 0 Å². The molecule has 0 radical (unpaired) electrons. The third kappa shape index (κ3) is 5.30. The molecule has 1 aliphatic heterocycles. The summed E-state index contributed by atoms with van der Waals surface area (Å²) in [4.78, 5) is 14.1. The predicted molar refractivity (Wildman–Crippen MR) is 106 cm³/mol. The van der Waals surface area contributed by atoms with Crippen LogP contribution in [0.2, 0.25) is 0 Å². The maximum atomic E-state index is 12.6. The molecule has 6 heteroatoms. The molecule has 26 heavy (non-hydrogen) atoms. The minimum absolute atomic E-state index is 0.0289. The quantitative estimate of drug-likeness (QED) is 0.862. The number of carbonyl (C=O) groups is 1. The standard InChI is InChI=1S/C20H32N2O3S/c1-15(2)26(24)21-20(17-9-7-16(3)8-10-17)11-13-22(14-12-20)18(23)25-19(4,5)6/h7-10,15,21H,11-14H2,1-6H3. The molecule has 1 fully saturated rings. The summed E-state index contributed by atoms with van der Waals surface area (Å²) in [7, 11) is -1.14. The number of rotatable bonds is 4. The van der Waals surface area contributed by atoms with E-state index in [-0.39, 0.29) is 16.9 Å². The van der Waals surface area contributed by atoms with E-state index >= 15 is 0 Å². The molecule has 1 aromatic rings. The smallest absolute Gasteiger partial charge is 0.410 e. The number of carbonyl (C=O) groups excluding carboxylic acids is 1. The molecule has 1 aromatic carbocycles. The van der Waals surface area contributed by atoms with Gasteiger partial charge >= 0.3 is 6.09 Å². The number of ether oxygens (including phenoxy) is 1. The van der Waals surface area contributed by atoms with Crippen LogP contribution in [0.5, 0.6) is 0 Å². The van der Waals surface area contributed by atoms with Gasteiger partial charge < -0.3 is 9.64 Å². The molecule has 1 heterocycles. The Bertz CT molecular complexity index is 642. The van der Waals surface area contributed by atoms with E-state index in [2.05, 4.69) is 35.9 Å². The fraction of sp³-hybridized carbons (Fsp3) is 0.650. The lowest BCUT2D eigenvalue weighted by Gasteiger charge is -2.43. The molecule has 1 unspecified atom stereocenters. The zero-order chi connectivity index (χ0) is 19.5. The highest BCUT2D eigenvalue weighted by Gasteiger charge is 2.39. The number of nitrogens with zero attached hydrogens (tertiary/aromatic N) is 1. The van der Waals surface area contributed by atoms with Crippen molar-refractivity contribution < 1.29 is 13.7 Å². The normalized spacial score (nSPS) is 18.7. The molecule has 0 aromatic heterocycles. The molecular weight excluding hydrogens is 348 g/mol. The highest BCUT2D eigenvalue weighted by Crippen LogP contribution is 2.34. The summed E-state index contributed by atoms with van der Waals surface area (Å²) in [6.07, 6.45) is 1.13. The van der Waals surface area contributed by atoms with Gasteiger partial charge in [0.25, 0.3) is 0 Å². The molecule has 1 saturated heterocycles. The van der Waals surface area contributed by atoms with Crippen molar-refractivity contribution in [3.8, 4) is 0 Å². The Balaban J connectivity index is 2.19. The fourth-order valence-corrected chi connectivity index (χ4v) is 3.97. The number of hydrogen-bond donors (Lipinski definition) is 1. The van der Waals surface area contributed by atoms with Crippen molar-refractivity contribution in [2.24, 2.45) is 0 Å². The van der Waals surface area contributed by atoms with Crippen LogP contribution in [0.3, 0.4) is 0 Å². The lowest BCUT2D eigenvalue weighted by molar-refractivity contribution is 0.0158. The molecule has 5 nitrogen and oxygen atoms in total. The Kier molecular flexibility index (Phi) is 6.51. The Morgan fingerprint density at radius 3 is 2.19 bits per heavy atom. The lowest BCUT2D eigenvalue weighted by Crippen LogP contribution is -2.54. The second-order valence-electron chi connectivity index (χ2n) is 8.36. The molecule has 0 bridgehead atoms. The Morgan fingerprint density at radius 2 is 1.73 bits per heavy atom. The summed E-state index contributed by atoms with van der Waals surface area (Å²) in [5.41, 5.74) is 1.43. The first-order valence-electron chi connectivity index (χ1n) is 9.26. The Morgan fingerprint density at radius 1 is 1.19 bits per heavy atom. The largest absolute Gasteiger partial charge is 0.444 e. The van der Waals surface area contributed by atoms with E-state index in [1.54, 1.807) is 4.90 Å². The summed E-state index contributed by atoms with van der Waals surface area (Å²) >= 11 is 0. The lowest BCUT2D eigenvalue weighted by atomic mass is 9.81. The third-order valence-corrected chi connectivity index (χ3v) is 6.05. The number of hydrogen-bond acceptors (Lipinski definition) is 3. The van der Waals surface area contributed by atoms with Crippen molar-refractivity contribution >= 4 is 17.1 Å². The van der Waals surface area contributed by atoms with Gasteiger partial charge in [-0.05, 0) is 59.9 Å². The van der Waals surface area contributed by atoms with Crippen LogP contribution in [-0.2, 0) is 21.3 Å². The van der Waals surface area contributed by atoms with Gasteiger partial charge in [0, 0.05) is 18.3 Å². The van der Waals surface area contributed by atoms with Gasteiger partial charge in [0.2, 0.25) is 0 Å². The van der Waals surface area contributed by atoms with E-state index < -0.39 is 16.6 Å². The van der Waals surface area contributed by atoms with E-state index in [9.17, 15) is 9.00 Å². The van der Waals surface area contributed by atoms with Crippen LogP contribution in [-0.4, -0.2) is 39.1 Å². The van der Waals surface area contributed by atoms with Crippen LogP contribution in [0.1, 0.15) is 58.6 Å². The van der Waals surface area contributed by atoms with Crippen LogP contribution in [0.15, 0.2) is 24.3 Å². The number of benzene rings is 1. The van der Waals surface area contributed by atoms with Crippen molar-refractivity contribution in [3.63, 3.8) is 0 Å². The average molecular weight is 381 g/mol. The van der Waals surface area contributed by atoms with E-state index in [0.717, 1.165) is 5.56 Å². The summed E-state index contributed by atoms with van der Waals surface area (Å²) in [6, 6.07) is 8.36. The molecule has 146 valence electrons. The number of piperidine rings is 1. The van der Waals surface area contributed by atoms with Crippen molar-refractivity contribution in [1.82, 2.24) is 9.62 Å². The summed E-state index contributed by atoms with van der Waals surface area (Å²) < 4.78 is 21.4. The molecule has 1 aliphatic rings. The predicted octanol–water partition coefficient (Wildman–Crippen LogP) is 3.88. The summed E-state index contributed by atoms with van der Waals surface area (Å²) in [6.45, 7) is 12.7. The van der Waals surface area contributed by atoms with Crippen LogP contribution in [0.4, 0.5) is 4.79 Å². The number of amides is 1. The molecule has 1 amide bonds. The summed E-state index contributed by atoms with van der Waals surface area (Å²) in [5.74, 6) is 0. The first kappa shape index (κ1) is 20.9. The van der Waals surface area contributed by atoms with Gasteiger partial charge in [-0.1, -0.05) is 29.8 Å². The van der Waals surface area contributed by atoms with Gasteiger partial charge in [0.05, 0.1) is 16.5 Å². The van der Waals surface area contributed by atoms with E-state index in [1.807, 2.05) is 34.6 Å². The minimum atomic E-state index is -1.14. The maximum absolute atomic E-state index is 12.6. The molecule has 1 atom stereocenters. The maximum Gasteiger partial charge on any atom is 0.410 e. The van der Waals surface area contributed by atoms with Gasteiger partial charge in [0.15, 0.2) is 0 Å². The number of aryl methyl sites for hydroxylation is 1. The molecule has 2 rings (SSSR count). The van der Waals surface area contributed by atoms with Crippen molar-refractivity contribution in [1.29, 1.82) is 0 Å². The first-order valence-corrected chi connectivity index (χ1v) is 10.5. The summed E-state index contributed by atoms with van der Waals surface area (Å²) in [5, 5.41) is 0.0289. The van der Waals surface area contributed by atoms with E-state index in [0.29, 0.717) is 25.9 Å². The van der Waals surface area contributed by atoms with Gasteiger partial charge in [0.1, 0.15) is 5.60 Å². The average Bonchev–Trinajstić information content (AvgIpc) is 2.54. The van der Waals surface area contributed by atoms with E-state index in [1.165, 1.54) is 5.56 Å². The van der Waals surface area contributed by atoms with Crippen molar-refractivity contribution in [2.75, 3.05) is 13.1 Å². The monoisotopic (exact) mass is 380 g/mol. The molecular formula is C20H32N2O3S. The third-order valence-electron chi connectivity index (χ3n) is 4.60. The highest BCUT2D eigenvalue weighted by molar-refractivity contribution is 7.83. The van der Waals surface area contributed by atoms with Crippen LogP contribution < -0.4 is 4.72 Å². The van der Waals surface area contributed by atoms with Crippen molar-refractivity contribution in [2.45, 2.75) is 70.8 Å². The van der Waals surface area contributed by atoms with Gasteiger partial charge in [-0.2, -0.15) is 0 Å². The van der Waals surface area contributed by atoms with Gasteiger partial charge in [-0.15, -0.1) is 0 Å². The fourth-order valence-electron chi connectivity index (χ4n) is 3.03. The van der Waals surface area contributed by atoms with Crippen molar-refractivity contribution in [3.05, 3.63) is 35.4 Å².